The van der Waals surface area contributed by atoms with Crippen molar-refractivity contribution in [3.8, 4) is 0 Å². The molecule has 1 heterocycles. The molecule has 2 atom stereocenters. The highest BCUT2D eigenvalue weighted by atomic mass is 16.2. The Morgan fingerprint density at radius 3 is 2.43 bits per heavy atom. The molecule has 124 valence electrons. The lowest BCUT2D eigenvalue weighted by molar-refractivity contribution is -0.156. The van der Waals surface area contributed by atoms with Crippen molar-refractivity contribution in [1.29, 1.82) is 0 Å². The van der Waals surface area contributed by atoms with Crippen molar-refractivity contribution >= 4 is 11.8 Å². The van der Waals surface area contributed by atoms with E-state index >= 15 is 0 Å². The van der Waals surface area contributed by atoms with Crippen LogP contribution >= 0.6 is 0 Å². The van der Waals surface area contributed by atoms with Gasteiger partial charge in [-0.2, -0.15) is 0 Å². The van der Waals surface area contributed by atoms with Gasteiger partial charge in [0, 0.05) is 18.5 Å². The van der Waals surface area contributed by atoms with E-state index in [9.17, 15) is 9.59 Å². The van der Waals surface area contributed by atoms with Gasteiger partial charge in [-0.1, -0.05) is 30.3 Å². The van der Waals surface area contributed by atoms with Crippen molar-refractivity contribution < 1.29 is 9.59 Å². The van der Waals surface area contributed by atoms with Gasteiger partial charge in [0.1, 0.15) is 0 Å². The van der Waals surface area contributed by atoms with Crippen molar-refractivity contribution in [2.75, 3.05) is 13.1 Å². The summed E-state index contributed by atoms with van der Waals surface area (Å²) in [6.45, 7) is 9.00. The van der Waals surface area contributed by atoms with E-state index < -0.39 is 0 Å². The van der Waals surface area contributed by atoms with Gasteiger partial charge in [-0.25, -0.2) is 0 Å². The van der Waals surface area contributed by atoms with Crippen molar-refractivity contribution in [2.24, 2.45) is 5.92 Å². The predicted octanol–water partition coefficient (Wildman–Crippen LogP) is 2.65. The van der Waals surface area contributed by atoms with Gasteiger partial charge in [0.15, 0.2) is 0 Å². The molecule has 1 aliphatic heterocycles. The predicted molar refractivity (Wildman–Crippen MR) is 89.9 cm³/mol. The number of carbonyl (C=O) groups excluding carboxylic acids is 2. The average molecular weight is 314 g/mol. The first-order chi connectivity index (χ1) is 10.8. The minimum Gasteiger partial charge on any atom is -0.332 e. The molecule has 4 nitrogen and oxygen atoms in total. The molecule has 0 N–H and O–H groups in total. The zero-order valence-electron chi connectivity index (χ0n) is 14.5. The Bertz CT molecular complexity index is 609. The summed E-state index contributed by atoms with van der Waals surface area (Å²) < 4.78 is 0. The molecule has 0 spiro atoms. The van der Waals surface area contributed by atoms with Gasteiger partial charge in [0.25, 0.3) is 0 Å². The molecule has 1 aliphatic carbocycles. The lowest BCUT2D eigenvalue weighted by Crippen LogP contribution is -2.65. The quantitative estimate of drug-likeness (QED) is 0.860. The Morgan fingerprint density at radius 2 is 1.87 bits per heavy atom. The number of hydrogen-bond donors (Lipinski definition) is 0. The van der Waals surface area contributed by atoms with E-state index in [1.54, 1.807) is 4.90 Å². The molecule has 0 unspecified atom stereocenters. The van der Waals surface area contributed by atoms with Crippen LogP contribution in [0.2, 0.25) is 0 Å². The number of benzene rings is 1. The van der Waals surface area contributed by atoms with Crippen molar-refractivity contribution in [3.05, 3.63) is 35.9 Å². The molecule has 2 aliphatic rings. The minimum absolute atomic E-state index is 0.0478. The summed E-state index contributed by atoms with van der Waals surface area (Å²) in [6, 6.07) is 10.4. The van der Waals surface area contributed by atoms with Crippen molar-refractivity contribution in [3.63, 3.8) is 0 Å². The zero-order chi connectivity index (χ0) is 16.8. The van der Waals surface area contributed by atoms with Crippen LogP contribution in [0.15, 0.2) is 30.3 Å². The highest BCUT2D eigenvalue weighted by molar-refractivity contribution is 5.89. The maximum absolute atomic E-state index is 12.8. The summed E-state index contributed by atoms with van der Waals surface area (Å²) in [6.07, 6.45) is 0.905. The number of amides is 2. The molecule has 0 radical (unpaired) electrons. The fourth-order valence-electron chi connectivity index (χ4n) is 4.09. The first-order valence-corrected chi connectivity index (χ1v) is 8.47. The van der Waals surface area contributed by atoms with Crippen LogP contribution < -0.4 is 0 Å². The molecular weight excluding hydrogens is 288 g/mol. The molecule has 2 fully saturated rings. The van der Waals surface area contributed by atoms with E-state index in [1.165, 1.54) is 5.56 Å². The second-order valence-electron chi connectivity index (χ2n) is 7.72. The summed E-state index contributed by atoms with van der Waals surface area (Å²) >= 11 is 0. The first kappa shape index (κ1) is 16.0. The lowest BCUT2D eigenvalue weighted by atomic mass is 9.96. The lowest BCUT2D eigenvalue weighted by Gasteiger charge is -2.49. The number of nitrogens with zero attached hydrogens (tertiary/aromatic N) is 2. The summed E-state index contributed by atoms with van der Waals surface area (Å²) in [4.78, 5) is 29.0. The van der Waals surface area contributed by atoms with E-state index in [0.717, 1.165) is 6.42 Å². The van der Waals surface area contributed by atoms with Crippen LogP contribution in [0.5, 0.6) is 0 Å². The van der Waals surface area contributed by atoms with Gasteiger partial charge in [-0.05, 0) is 45.6 Å². The average Bonchev–Trinajstić information content (AvgIpc) is 3.25. The maximum atomic E-state index is 12.8. The van der Waals surface area contributed by atoms with Crippen LogP contribution in [-0.2, 0) is 9.59 Å². The van der Waals surface area contributed by atoms with Crippen LogP contribution in [0.1, 0.15) is 45.6 Å². The SMILES string of the molecule is CC(C)N1C(=O)CN(C(=O)[C@H]2C[C@@H]2c2ccccc2)CC1(C)C. The highest BCUT2D eigenvalue weighted by Crippen LogP contribution is 2.48. The summed E-state index contributed by atoms with van der Waals surface area (Å²) in [5.74, 6) is 0.571. The third-order valence-corrected chi connectivity index (χ3v) is 4.99. The molecule has 23 heavy (non-hydrogen) atoms. The van der Waals surface area contributed by atoms with E-state index in [1.807, 2.05) is 50.8 Å². The Labute approximate surface area is 138 Å². The van der Waals surface area contributed by atoms with Crippen molar-refractivity contribution in [1.82, 2.24) is 9.80 Å². The first-order valence-electron chi connectivity index (χ1n) is 8.47. The number of piperazine rings is 1. The van der Waals surface area contributed by atoms with Crippen molar-refractivity contribution in [2.45, 2.75) is 51.6 Å². The Balaban J connectivity index is 1.69. The van der Waals surface area contributed by atoms with Crippen LogP contribution in [0, 0.1) is 5.92 Å². The fourth-order valence-corrected chi connectivity index (χ4v) is 4.09. The van der Waals surface area contributed by atoms with Gasteiger partial charge in [0.2, 0.25) is 11.8 Å². The fraction of sp³-hybridized carbons (Fsp3) is 0.579. The van der Waals surface area contributed by atoms with E-state index in [2.05, 4.69) is 12.1 Å². The van der Waals surface area contributed by atoms with Gasteiger partial charge >= 0.3 is 0 Å². The topological polar surface area (TPSA) is 40.6 Å². The standard InChI is InChI=1S/C19H26N2O2/c1-13(2)21-17(22)11-20(12-19(21,3)4)18(23)16-10-15(16)14-8-6-5-7-9-14/h5-9,13,15-16H,10-12H2,1-4H3/t15-,16+/m1/s1. The molecule has 3 rings (SSSR count). The van der Waals surface area contributed by atoms with E-state index in [-0.39, 0.29) is 35.9 Å². The van der Waals surface area contributed by atoms with Crippen LogP contribution in [0.3, 0.4) is 0 Å². The summed E-state index contributed by atoms with van der Waals surface area (Å²) in [5, 5.41) is 0. The van der Waals surface area contributed by atoms with E-state index in [4.69, 9.17) is 0 Å². The molecular formula is C19H26N2O2. The summed E-state index contributed by atoms with van der Waals surface area (Å²) in [7, 11) is 0. The Kier molecular flexibility index (Phi) is 3.95. The largest absolute Gasteiger partial charge is 0.332 e. The van der Waals surface area contributed by atoms with E-state index in [0.29, 0.717) is 12.5 Å². The van der Waals surface area contributed by atoms with Gasteiger partial charge < -0.3 is 9.80 Å². The Morgan fingerprint density at radius 1 is 1.22 bits per heavy atom. The van der Waals surface area contributed by atoms with Gasteiger partial charge in [-0.15, -0.1) is 0 Å². The highest BCUT2D eigenvalue weighted by Gasteiger charge is 2.49. The third-order valence-electron chi connectivity index (χ3n) is 4.99. The molecule has 1 aromatic rings. The number of rotatable bonds is 3. The van der Waals surface area contributed by atoms with Crippen LogP contribution in [-0.4, -0.2) is 46.3 Å². The number of carbonyl (C=O) groups is 2. The molecule has 0 aromatic heterocycles. The molecule has 1 saturated carbocycles. The molecule has 1 saturated heterocycles. The molecule has 4 heteroatoms. The molecule has 1 aromatic carbocycles. The van der Waals surface area contributed by atoms with Crippen LogP contribution in [0.25, 0.3) is 0 Å². The monoisotopic (exact) mass is 314 g/mol. The molecule has 0 bridgehead atoms. The second kappa shape index (κ2) is 5.66. The number of hydrogen-bond acceptors (Lipinski definition) is 2. The van der Waals surface area contributed by atoms with Gasteiger partial charge in [-0.3, -0.25) is 9.59 Å². The maximum Gasteiger partial charge on any atom is 0.242 e. The summed E-state index contributed by atoms with van der Waals surface area (Å²) in [5.41, 5.74) is 0.924. The smallest absolute Gasteiger partial charge is 0.242 e. The third kappa shape index (κ3) is 2.99. The normalized spacial score (nSPS) is 26.6. The zero-order valence-corrected chi connectivity index (χ0v) is 14.5. The van der Waals surface area contributed by atoms with Crippen LogP contribution in [0.4, 0.5) is 0 Å². The molecule has 2 amide bonds. The minimum atomic E-state index is -0.309. The van der Waals surface area contributed by atoms with Gasteiger partial charge in [0.05, 0.1) is 12.1 Å². The second-order valence-corrected chi connectivity index (χ2v) is 7.72. The Hall–Kier alpha value is -1.84.